The summed E-state index contributed by atoms with van der Waals surface area (Å²) in [5, 5.41) is 9.19. The average molecular weight is 283 g/mol. The van der Waals surface area contributed by atoms with Gasteiger partial charge in [0.05, 0.1) is 19.8 Å². The Hall–Kier alpha value is -2.28. The van der Waals surface area contributed by atoms with Crippen LogP contribution in [0.2, 0.25) is 5.02 Å². The number of carbonyl (C=O) groups excluding carboxylic acids is 1. The molecule has 0 fully saturated rings. The molecule has 0 saturated carbocycles. The van der Waals surface area contributed by atoms with Gasteiger partial charge in [0.1, 0.15) is 5.75 Å². The second-order valence-corrected chi connectivity index (χ2v) is 3.91. The Bertz CT molecular complexity index is 599. The summed E-state index contributed by atoms with van der Waals surface area (Å²) in [4.78, 5) is 15.9. The van der Waals surface area contributed by atoms with Gasteiger partial charge in [0.25, 0.3) is 5.91 Å². The summed E-state index contributed by atoms with van der Waals surface area (Å²) < 4.78 is 9.89. The van der Waals surface area contributed by atoms with Gasteiger partial charge in [-0.3, -0.25) is 10.1 Å². The first-order valence-corrected chi connectivity index (χ1v) is 5.63. The van der Waals surface area contributed by atoms with Gasteiger partial charge in [0.2, 0.25) is 5.95 Å². The van der Waals surface area contributed by atoms with Crippen LogP contribution in [-0.2, 0) is 0 Å². The Morgan fingerprint density at radius 3 is 2.79 bits per heavy atom. The number of hydrogen-bond donors (Lipinski definition) is 2. The Balaban J connectivity index is 2.21. The van der Waals surface area contributed by atoms with Crippen molar-refractivity contribution in [1.29, 1.82) is 0 Å². The van der Waals surface area contributed by atoms with Crippen molar-refractivity contribution in [3.8, 4) is 11.8 Å². The number of H-pyrrole nitrogens is 1. The molecule has 2 aromatic rings. The molecule has 0 aliphatic heterocycles. The van der Waals surface area contributed by atoms with Crippen molar-refractivity contribution >= 4 is 23.5 Å². The van der Waals surface area contributed by atoms with Crippen molar-refractivity contribution in [2.45, 2.75) is 0 Å². The molecule has 0 atom stereocenters. The standard InChI is InChI=1S/C11H11ClN4O3/c1-18-8-4-3-6(12)5-7(8)9(17)13-10-14-11(19-2)16-15-10/h3-5H,1-2H3,(H2,13,14,15,16,17). The highest BCUT2D eigenvalue weighted by Gasteiger charge is 2.15. The summed E-state index contributed by atoms with van der Waals surface area (Å²) in [6.07, 6.45) is 0. The molecule has 0 saturated heterocycles. The molecule has 1 aromatic carbocycles. The van der Waals surface area contributed by atoms with E-state index >= 15 is 0 Å². The van der Waals surface area contributed by atoms with Crippen LogP contribution in [0.3, 0.4) is 0 Å². The molecular formula is C11H11ClN4O3. The van der Waals surface area contributed by atoms with E-state index in [1.54, 1.807) is 12.1 Å². The van der Waals surface area contributed by atoms with Crippen LogP contribution in [0, 0.1) is 0 Å². The Morgan fingerprint density at radius 2 is 2.16 bits per heavy atom. The number of nitrogens with zero attached hydrogens (tertiary/aromatic N) is 2. The summed E-state index contributed by atoms with van der Waals surface area (Å²) in [6, 6.07) is 4.88. The first-order chi connectivity index (χ1) is 9.13. The maximum absolute atomic E-state index is 12.1. The minimum atomic E-state index is -0.418. The van der Waals surface area contributed by atoms with Crippen LogP contribution in [0.25, 0.3) is 0 Å². The minimum absolute atomic E-state index is 0.133. The normalized spacial score (nSPS) is 10.1. The molecule has 0 spiro atoms. The molecule has 8 heteroatoms. The second kappa shape index (κ2) is 5.57. The molecule has 0 radical (unpaired) electrons. The molecule has 7 nitrogen and oxygen atoms in total. The lowest BCUT2D eigenvalue weighted by Gasteiger charge is -2.07. The van der Waals surface area contributed by atoms with E-state index in [1.807, 2.05) is 0 Å². The van der Waals surface area contributed by atoms with Crippen LogP contribution in [-0.4, -0.2) is 35.3 Å². The maximum Gasteiger partial charge on any atom is 0.336 e. The van der Waals surface area contributed by atoms with Crippen molar-refractivity contribution in [1.82, 2.24) is 15.2 Å². The summed E-state index contributed by atoms with van der Waals surface area (Å²) in [6.45, 7) is 0. The summed E-state index contributed by atoms with van der Waals surface area (Å²) in [5.74, 6) is 0.162. The van der Waals surface area contributed by atoms with E-state index in [2.05, 4.69) is 20.5 Å². The Kier molecular flexibility index (Phi) is 3.86. The van der Waals surface area contributed by atoms with E-state index in [0.29, 0.717) is 16.3 Å². The number of nitrogens with one attached hydrogen (secondary N) is 2. The number of carbonyl (C=O) groups is 1. The number of methoxy groups -OCH3 is 2. The zero-order chi connectivity index (χ0) is 13.8. The lowest BCUT2D eigenvalue weighted by Crippen LogP contribution is -2.14. The first kappa shape index (κ1) is 13.2. The topological polar surface area (TPSA) is 89.1 Å². The molecule has 19 heavy (non-hydrogen) atoms. The predicted octanol–water partition coefficient (Wildman–Crippen LogP) is 1.73. The van der Waals surface area contributed by atoms with Crippen molar-refractivity contribution in [3.63, 3.8) is 0 Å². The fourth-order valence-electron chi connectivity index (χ4n) is 1.43. The average Bonchev–Trinajstić information content (AvgIpc) is 2.86. The number of amides is 1. The third-order valence-corrected chi connectivity index (χ3v) is 2.52. The van der Waals surface area contributed by atoms with E-state index in [9.17, 15) is 4.79 Å². The van der Waals surface area contributed by atoms with Crippen LogP contribution in [0.15, 0.2) is 18.2 Å². The van der Waals surface area contributed by atoms with Crippen LogP contribution in [0.4, 0.5) is 5.95 Å². The predicted molar refractivity (Wildman–Crippen MR) is 68.9 cm³/mol. The van der Waals surface area contributed by atoms with Crippen molar-refractivity contribution < 1.29 is 14.3 Å². The van der Waals surface area contributed by atoms with Crippen LogP contribution < -0.4 is 14.8 Å². The van der Waals surface area contributed by atoms with Crippen molar-refractivity contribution in [3.05, 3.63) is 28.8 Å². The fourth-order valence-corrected chi connectivity index (χ4v) is 1.60. The number of aromatic amines is 1. The SMILES string of the molecule is COc1n[nH]c(NC(=O)c2cc(Cl)ccc2OC)n1. The van der Waals surface area contributed by atoms with Gasteiger partial charge in [-0.05, 0) is 18.2 Å². The van der Waals surface area contributed by atoms with Crippen LogP contribution in [0.5, 0.6) is 11.8 Å². The number of aromatic nitrogens is 3. The molecule has 0 aliphatic carbocycles. The molecule has 0 bridgehead atoms. The zero-order valence-electron chi connectivity index (χ0n) is 10.2. The van der Waals surface area contributed by atoms with Gasteiger partial charge in [0.15, 0.2) is 0 Å². The third kappa shape index (κ3) is 2.94. The molecule has 2 rings (SSSR count). The number of ether oxygens (including phenoxy) is 2. The molecule has 1 heterocycles. The highest BCUT2D eigenvalue weighted by Crippen LogP contribution is 2.23. The lowest BCUT2D eigenvalue weighted by molar-refractivity contribution is 0.102. The second-order valence-electron chi connectivity index (χ2n) is 3.47. The van der Waals surface area contributed by atoms with Crippen molar-refractivity contribution in [2.24, 2.45) is 0 Å². The molecule has 1 amide bonds. The van der Waals surface area contributed by atoms with Crippen molar-refractivity contribution in [2.75, 3.05) is 19.5 Å². The molecule has 100 valence electrons. The van der Waals surface area contributed by atoms with Crippen LogP contribution >= 0.6 is 11.6 Å². The number of anilines is 1. The zero-order valence-corrected chi connectivity index (χ0v) is 11.0. The number of hydrogen-bond acceptors (Lipinski definition) is 5. The van der Waals surface area contributed by atoms with Gasteiger partial charge in [0, 0.05) is 5.02 Å². The molecule has 0 aliphatic rings. The van der Waals surface area contributed by atoms with Gasteiger partial charge in [-0.15, -0.1) is 5.10 Å². The van der Waals surface area contributed by atoms with Gasteiger partial charge < -0.3 is 9.47 Å². The monoisotopic (exact) mass is 282 g/mol. The van der Waals surface area contributed by atoms with Gasteiger partial charge in [-0.2, -0.15) is 4.98 Å². The minimum Gasteiger partial charge on any atom is -0.496 e. The van der Waals surface area contributed by atoms with Gasteiger partial charge in [-0.25, -0.2) is 5.10 Å². The highest BCUT2D eigenvalue weighted by atomic mass is 35.5. The largest absolute Gasteiger partial charge is 0.496 e. The van der Waals surface area contributed by atoms with Crippen LogP contribution in [0.1, 0.15) is 10.4 Å². The Morgan fingerprint density at radius 1 is 1.37 bits per heavy atom. The first-order valence-electron chi connectivity index (χ1n) is 5.25. The van der Waals surface area contributed by atoms with Gasteiger partial charge in [-0.1, -0.05) is 11.6 Å². The van der Waals surface area contributed by atoms with Gasteiger partial charge >= 0.3 is 6.01 Å². The fraction of sp³-hybridized carbons (Fsp3) is 0.182. The summed E-state index contributed by atoms with van der Waals surface area (Å²) in [7, 11) is 2.90. The van der Waals surface area contributed by atoms with E-state index in [-0.39, 0.29) is 12.0 Å². The van der Waals surface area contributed by atoms with E-state index in [0.717, 1.165) is 0 Å². The lowest BCUT2D eigenvalue weighted by atomic mass is 10.2. The molecule has 1 aromatic heterocycles. The molecule has 0 unspecified atom stereocenters. The van der Waals surface area contributed by atoms with E-state index in [4.69, 9.17) is 21.1 Å². The number of benzene rings is 1. The maximum atomic E-state index is 12.1. The highest BCUT2D eigenvalue weighted by molar-refractivity contribution is 6.31. The molecular weight excluding hydrogens is 272 g/mol. The van der Waals surface area contributed by atoms with E-state index in [1.165, 1.54) is 20.3 Å². The number of halogens is 1. The summed E-state index contributed by atoms with van der Waals surface area (Å²) >= 11 is 5.86. The third-order valence-electron chi connectivity index (χ3n) is 2.29. The number of rotatable bonds is 4. The quantitative estimate of drug-likeness (QED) is 0.891. The molecule has 2 N–H and O–H groups in total. The Labute approximate surface area is 113 Å². The smallest absolute Gasteiger partial charge is 0.336 e. The van der Waals surface area contributed by atoms with E-state index < -0.39 is 5.91 Å². The summed E-state index contributed by atoms with van der Waals surface area (Å²) in [5.41, 5.74) is 0.297.